The summed E-state index contributed by atoms with van der Waals surface area (Å²) in [6.07, 6.45) is 0. The van der Waals surface area contributed by atoms with E-state index in [1.54, 1.807) is 0 Å². The molecule has 1 heterocycles. The van der Waals surface area contributed by atoms with E-state index in [-0.39, 0.29) is 0 Å². The summed E-state index contributed by atoms with van der Waals surface area (Å²) in [5.74, 6) is 1.01. The summed E-state index contributed by atoms with van der Waals surface area (Å²) >= 11 is 0. The van der Waals surface area contributed by atoms with E-state index >= 15 is 0 Å². The van der Waals surface area contributed by atoms with Crippen LogP contribution in [0.25, 0.3) is 87.3 Å². The Kier molecular flexibility index (Phi) is 8.34. The van der Waals surface area contributed by atoms with E-state index in [4.69, 9.17) is 20.1 Å². The monoisotopic (exact) mass is 755 g/mol. The van der Waals surface area contributed by atoms with Gasteiger partial charge >= 0.3 is 0 Å². The van der Waals surface area contributed by atoms with Crippen molar-refractivity contribution < 1.29 is 4.42 Å². The first-order valence-electron chi connectivity index (χ1n) is 19.9. The van der Waals surface area contributed by atoms with Gasteiger partial charge in [0.1, 0.15) is 17.0 Å². The number of nitrogens with zero attached hydrogens (tertiary/aromatic N) is 2. The molecule has 1 aromatic heterocycles. The Balaban J connectivity index is 1.000. The largest absolute Gasteiger partial charge is 0.456 e. The molecule has 278 valence electrons. The number of furan rings is 1. The van der Waals surface area contributed by atoms with Crippen LogP contribution in [0, 0.1) is 0 Å². The molecule has 0 unspecified atom stereocenters. The van der Waals surface area contributed by atoms with Crippen molar-refractivity contribution >= 4 is 76.7 Å². The number of nitrogens with two attached hydrogens (primary N) is 1. The van der Waals surface area contributed by atoms with E-state index in [2.05, 4.69) is 188 Å². The van der Waals surface area contributed by atoms with Gasteiger partial charge < -0.3 is 10.2 Å². The Morgan fingerprint density at radius 2 is 0.983 bits per heavy atom. The number of rotatable bonds is 6. The van der Waals surface area contributed by atoms with Crippen LogP contribution < -0.4 is 5.73 Å². The van der Waals surface area contributed by atoms with Crippen LogP contribution >= 0.6 is 0 Å². The van der Waals surface area contributed by atoms with Gasteiger partial charge in [-0.15, -0.1) is 0 Å². The lowest BCUT2D eigenvalue weighted by Crippen LogP contribution is -2.16. The molecule has 0 aliphatic carbocycles. The molecule has 0 atom stereocenters. The third kappa shape index (κ3) is 6.37. The summed E-state index contributed by atoms with van der Waals surface area (Å²) < 4.78 is 6.41. The zero-order chi connectivity index (χ0) is 39.3. The Morgan fingerprint density at radius 3 is 1.78 bits per heavy atom. The summed E-state index contributed by atoms with van der Waals surface area (Å²) in [5.41, 5.74) is 16.1. The van der Waals surface area contributed by atoms with Crippen LogP contribution in [0.2, 0.25) is 0 Å². The Bertz CT molecular complexity index is 3500. The summed E-state index contributed by atoms with van der Waals surface area (Å²) in [6.45, 7) is 0.476. The molecule has 11 aromatic rings. The molecule has 0 saturated carbocycles. The fraction of sp³-hybridized carbons (Fsp3) is 0.0182. The first kappa shape index (κ1) is 34.4. The summed E-state index contributed by atoms with van der Waals surface area (Å²) in [7, 11) is 0. The topological polar surface area (TPSA) is 63.9 Å². The van der Waals surface area contributed by atoms with E-state index in [1.807, 2.05) is 12.1 Å². The van der Waals surface area contributed by atoms with Crippen LogP contribution in [0.15, 0.2) is 215 Å². The molecule has 0 aliphatic heterocycles. The fourth-order valence-electron chi connectivity index (χ4n) is 8.48. The second-order valence-electron chi connectivity index (χ2n) is 15.2. The minimum Gasteiger partial charge on any atom is -0.456 e. The van der Waals surface area contributed by atoms with Crippen molar-refractivity contribution in [1.82, 2.24) is 0 Å². The smallest absolute Gasteiger partial charge is 0.157 e. The maximum atomic E-state index is 6.89. The van der Waals surface area contributed by atoms with Crippen molar-refractivity contribution in [2.75, 3.05) is 0 Å². The average Bonchev–Trinajstić information content (AvgIpc) is 3.68. The number of hydrogen-bond acceptors (Lipinski definition) is 2. The third-order valence-corrected chi connectivity index (χ3v) is 11.5. The van der Waals surface area contributed by atoms with Crippen LogP contribution in [-0.4, -0.2) is 11.7 Å². The molecule has 0 saturated heterocycles. The van der Waals surface area contributed by atoms with Crippen molar-refractivity contribution in [2.24, 2.45) is 15.7 Å². The zero-order valence-electron chi connectivity index (χ0n) is 32.1. The highest BCUT2D eigenvalue weighted by molar-refractivity contribution is 6.17. The van der Waals surface area contributed by atoms with E-state index in [1.165, 1.54) is 21.5 Å². The van der Waals surface area contributed by atoms with E-state index in [9.17, 15) is 0 Å². The van der Waals surface area contributed by atoms with E-state index in [0.29, 0.717) is 18.2 Å². The third-order valence-electron chi connectivity index (χ3n) is 11.5. The van der Waals surface area contributed by atoms with Gasteiger partial charge in [0.25, 0.3) is 0 Å². The molecule has 2 N–H and O–H groups in total. The highest BCUT2D eigenvalue weighted by Gasteiger charge is 2.18. The summed E-state index contributed by atoms with van der Waals surface area (Å²) in [5, 5.41) is 11.5. The summed E-state index contributed by atoms with van der Waals surface area (Å²) in [4.78, 5) is 10.1. The van der Waals surface area contributed by atoms with E-state index in [0.717, 1.165) is 82.4 Å². The van der Waals surface area contributed by atoms with Gasteiger partial charge in [0, 0.05) is 27.5 Å². The van der Waals surface area contributed by atoms with Gasteiger partial charge in [-0.1, -0.05) is 158 Å². The van der Waals surface area contributed by atoms with Gasteiger partial charge in [-0.05, 0) is 108 Å². The molecular weight excluding hydrogens is 719 g/mol. The molecule has 0 radical (unpaired) electrons. The molecule has 11 rings (SSSR count). The van der Waals surface area contributed by atoms with Gasteiger partial charge in [-0.3, -0.25) is 4.99 Å². The molecule has 0 spiro atoms. The molecule has 10 aromatic carbocycles. The fourth-order valence-corrected chi connectivity index (χ4v) is 8.48. The minimum absolute atomic E-state index is 0.412. The molecule has 4 nitrogen and oxygen atoms in total. The van der Waals surface area contributed by atoms with Gasteiger partial charge in [0.05, 0.1) is 6.54 Å². The number of benzene rings is 10. The lowest BCUT2D eigenvalue weighted by Gasteiger charge is -2.14. The lowest BCUT2D eigenvalue weighted by molar-refractivity contribution is 0.669. The SMILES string of the molecule is NC(=NC(=NCc1ccc2ccccc2c1)c1ccc2ccccc2c1)c1ccc2cc(-c3c(-c4ccc5ccccc5c4)ccc4oc5ccccc5c34)ccc2c1. The van der Waals surface area contributed by atoms with Crippen LogP contribution in [-0.2, 0) is 6.54 Å². The molecule has 0 amide bonds. The first-order chi connectivity index (χ1) is 29.1. The normalized spacial score (nSPS) is 12.4. The van der Waals surface area contributed by atoms with Crippen LogP contribution in [0.1, 0.15) is 16.7 Å². The zero-order valence-corrected chi connectivity index (χ0v) is 32.1. The van der Waals surface area contributed by atoms with Crippen molar-refractivity contribution in [1.29, 1.82) is 0 Å². The standard InChI is InChI=1S/C55H37N3O/c56-54(58-55(47-26-20-38-11-3-6-14-41(38)33-47)57-34-35-17-18-36-9-1-4-12-39(36)29-35)46-25-22-42-31-45(24-21-43(42)32-46)52-48(44-23-19-37-10-2-5-13-40(37)30-44)27-28-51-53(52)49-15-7-8-16-50(49)59-51/h1-33H,34H2,(H2,56,57,58). The van der Waals surface area contributed by atoms with Gasteiger partial charge in [0.15, 0.2) is 5.84 Å². The van der Waals surface area contributed by atoms with E-state index < -0.39 is 0 Å². The molecule has 0 aliphatic rings. The lowest BCUT2D eigenvalue weighted by atomic mass is 9.89. The second-order valence-corrected chi connectivity index (χ2v) is 15.2. The second kappa shape index (κ2) is 14.3. The Hall–Kier alpha value is -7.82. The highest BCUT2D eigenvalue weighted by atomic mass is 16.3. The maximum Gasteiger partial charge on any atom is 0.157 e. The number of fused-ring (bicyclic) bond motifs is 7. The predicted octanol–water partition coefficient (Wildman–Crippen LogP) is 13.9. The minimum atomic E-state index is 0.412. The molecule has 0 bridgehead atoms. The van der Waals surface area contributed by atoms with Crippen molar-refractivity contribution in [3.63, 3.8) is 0 Å². The van der Waals surface area contributed by atoms with Crippen LogP contribution in [0.4, 0.5) is 0 Å². The maximum absolute atomic E-state index is 6.89. The predicted molar refractivity (Wildman–Crippen MR) is 248 cm³/mol. The molecule has 59 heavy (non-hydrogen) atoms. The van der Waals surface area contributed by atoms with Crippen LogP contribution in [0.5, 0.6) is 0 Å². The van der Waals surface area contributed by atoms with Crippen molar-refractivity contribution in [3.05, 3.63) is 217 Å². The Labute approximate surface area is 341 Å². The van der Waals surface area contributed by atoms with Gasteiger partial charge in [0.2, 0.25) is 0 Å². The van der Waals surface area contributed by atoms with Gasteiger partial charge in [-0.2, -0.15) is 0 Å². The molecule has 4 heteroatoms. The number of para-hydroxylation sites is 1. The number of amidine groups is 2. The average molecular weight is 756 g/mol. The van der Waals surface area contributed by atoms with Crippen molar-refractivity contribution in [2.45, 2.75) is 6.54 Å². The van der Waals surface area contributed by atoms with Crippen LogP contribution in [0.3, 0.4) is 0 Å². The quantitative estimate of drug-likeness (QED) is 0.136. The first-order valence-corrected chi connectivity index (χ1v) is 19.9. The summed E-state index contributed by atoms with van der Waals surface area (Å²) in [6, 6.07) is 70.4. The van der Waals surface area contributed by atoms with Crippen molar-refractivity contribution in [3.8, 4) is 22.3 Å². The molecule has 0 fully saturated rings. The molecular formula is C55H37N3O. The highest BCUT2D eigenvalue weighted by Crippen LogP contribution is 2.44. The number of aliphatic imine (C=N–C) groups is 2. The number of hydrogen-bond donors (Lipinski definition) is 1. The van der Waals surface area contributed by atoms with Gasteiger partial charge in [-0.25, -0.2) is 4.99 Å². The Morgan fingerprint density at radius 1 is 0.441 bits per heavy atom.